The third kappa shape index (κ3) is 5.36. The molecule has 0 amide bonds. The Kier molecular flexibility index (Phi) is 6.44. The predicted molar refractivity (Wildman–Crippen MR) is 103 cm³/mol. The summed E-state index contributed by atoms with van der Waals surface area (Å²) >= 11 is 0. The highest BCUT2D eigenvalue weighted by Crippen LogP contribution is 2.44. The Morgan fingerprint density at radius 1 is 0.739 bits per heavy atom. The molecule has 0 bridgehead atoms. The van der Waals surface area contributed by atoms with Gasteiger partial charge in [-0.25, -0.2) is 0 Å². The number of benzene rings is 2. The minimum atomic E-state index is -2.55. The molecule has 0 N–H and O–H groups in total. The first-order valence-electron chi connectivity index (χ1n) is 9.83. The normalized spacial score (nSPS) is 12.9. The minimum Gasteiger partial charge on any atom is -0.314 e. The van der Waals surface area contributed by atoms with E-state index >= 15 is 0 Å². The quantitative estimate of drug-likeness (QED) is 0.400. The molecule has 0 aliphatic heterocycles. The second kappa shape index (κ2) is 9.73. The highest BCUT2D eigenvalue weighted by Gasteiger charge is 2.26. The van der Waals surface area contributed by atoms with Gasteiger partial charge in [0.2, 0.25) is 0 Å². The van der Waals surface area contributed by atoms with Crippen LogP contribution in [0.3, 0.4) is 0 Å². The molecule has 2 aromatic carbocycles. The zero-order chi connectivity index (χ0) is 18.0. The van der Waals surface area contributed by atoms with E-state index in [1.807, 2.05) is 60.7 Å². The molecule has 0 heterocycles. The molecular weight excluding hydrogens is 299 g/mol. The molecule has 124 valence electrons. The van der Waals surface area contributed by atoms with Crippen molar-refractivity contribution in [2.75, 3.05) is 6.16 Å². The van der Waals surface area contributed by atoms with Crippen LogP contribution in [0.2, 0.25) is 0 Å². The van der Waals surface area contributed by atoms with Crippen molar-refractivity contribution >= 4 is 17.8 Å². The third-order valence-electron chi connectivity index (χ3n) is 4.27. The fourth-order valence-electron chi connectivity index (χ4n) is 2.93. The van der Waals surface area contributed by atoms with Gasteiger partial charge in [-0.2, -0.15) is 0 Å². The van der Waals surface area contributed by atoms with E-state index in [1.165, 1.54) is 0 Å². The van der Waals surface area contributed by atoms with Gasteiger partial charge in [0.25, 0.3) is 0 Å². The van der Waals surface area contributed by atoms with Crippen LogP contribution in [0.4, 0.5) is 0 Å². The fraction of sp³-hybridized carbons (Fsp3) is 0.429. The van der Waals surface area contributed by atoms with Gasteiger partial charge in [0.05, 0.1) is 0 Å². The lowest BCUT2D eigenvalue weighted by atomic mass is 10.1. The fourth-order valence-corrected chi connectivity index (χ4v) is 5.72. The highest BCUT2D eigenvalue weighted by atomic mass is 31.2. The lowest BCUT2D eigenvalue weighted by molar-refractivity contribution is 0.577. The molecule has 0 fully saturated rings. The van der Waals surface area contributed by atoms with Crippen LogP contribution in [0, 0.1) is 0 Å². The van der Waals surface area contributed by atoms with Crippen molar-refractivity contribution in [3.63, 3.8) is 0 Å². The van der Waals surface area contributed by atoms with Crippen molar-refractivity contribution in [1.82, 2.24) is 0 Å². The molecular formula is C21H29OP. The van der Waals surface area contributed by atoms with E-state index < -0.39 is 14.0 Å². The topological polar surface area (TPSA) is 17.1 Å². The smallest absolute Gasteiger partial charge is 0.143 e. The standard InChI is InChI=1S/C21H29OP/c1-2-3-4-5-6-7-14-19-23(22,20-15-10-8-11-16-20)21-17-12-9-13-18-21/h8-13,15-18H,2-7,14,19H2,1H3/i1D2. The maximum atomic E-state index is 13.8. The second-order valence-electron chi connectivity index (χ2n) is 6.04. The molecule has 0 aliphatic rings. The molecule has 0 saturated carbocycles. The summed E-state index contributed by atoms with van der Waals surface area (Å²) in [6, 6.07) is 19.8. The summed E-state index contributed by atoms with van der Waals surface area (Å²) in [7, 11) is -2.55. The van der Waals surface area contributed by atoms with Gasteiger partial charge in [-0.1, -0.05) is 106 Å². The lowest BCUT2D eigenvalue weighted by Gasteiger charge is -2.19. The maximum Gasteiger partial charge on any atom is 0.143 e. The van der Waals surface area contributed by atoms with Crippen molar-refractivity contribution in [2.45, 2.75) is 51.8 Å². The summed E-state index contributed by atoms with van der Waals surface area (Å²) in [5.74, 6) is 0. The first-order chi connectivity index (χ1) is 12.1. The van der Waals surface area contributed by atoms with Gasteiger partial charge in [-0.3, -0.25) is 0 Å². The lowest BCUT2D eigenvalue weighted by Crippen LogP contribution is -2.18. The summed E-state index contributed by atoms with van der Waals surface area (Å²) in [6.45, 7) is -0.678. The van der Waals surface area contributed by atoms with Gasteiger partial charge in [0.15, 0.2) is 0 Å². The van der Waals surface area contributed by atoms with Crippen LogP contribution in [0.5, 0.6) is 0 Å². The van der Waals surface area contributed by atoms with Crippen LogP contribution >= 0.6 is 7.14 Å². The van der Waals surface area contributed by atoms with Crippen LogP contribution < -0.4 is 10.6 Å². The molecule has 0 atom stereocenters. The molecule has 0 unspecified atom stereocenters. The maximum absolute atomic E-state index is 13.8. The Balaban J connectivity index is 1.88. The van der Waals surface area contributed by atoms with Crippen molar-refractivity contribution < 1.29 is 7.31 Å². The van der Waals surface area contributed by atoms with E-state index in [1.54, 1.807) is 0 Å². The highest BCUT2D eigenvalue weighted by molar-refractivity contribution is 7.78. The Labute approximate surface area is 144 Å². The molecule has 2 heteroatoms. The monoisotopic (exact) mass is 330 g/mol. The number of hydrogen-bond acceptors (Lipinski definition) is 1. The molecule has 0 radical (unpaired) electrons. The molecule has 0 spiro atoms. The SMILES string of the molecule is [2H]C([2H])CCCCCCCCP(=O)(c1ccccc1)c1ccccc1. The largest absolute Gasteiger partial charge is 0.314 e. The van der Waals surface area contributed by atoms with Gasteiger partial charge in [-0.05, 0) is 6.42 Å². The Morgan fingerprint density at radius 3 is 1.74 bits per heavy atom. The molecule has 0 saturated heterocycles. The van der Waals surface area contributed by atoms with E-state index in [0.717, 1.165) is 55.3 Å². The van der Waals surface area contributed by atoms with Crippen LogP contribution in [-0.4, -0.2) is 6.16 Å². The van der Waals surface area contributed by atoms with Gasteiger partial charge >= 0.3 is 0 Å². The Hall–Kier alpha value is -1.33. The van der Waals surface area contributed by atoms with E-state index in [4.69, 9.17) is 2.74 Å². The average molecular weight is 330 g/mol. The Bertz CT molecular complexity index is 600. The van der Waals surface area contributed by atoms with E-state index in [9.17, 15) is 4.57 Å². The van der Waals surface area contributed by atoms with Crippen molar-refractivity contribution in [3.05, 3.63) is 60.7 Å². The van der Waals surface area contributed by atoms with Crippen LogP contribution in [-0.2, 0) is 4.57 Å². The number of rotatable bonds is 10. The van der Waals surface area contributed by atoms with E-state index in [2.05, 4.69) is 0 Å². The number of hydrogen-bond donors (Lipinski definition) is 0. The van der Waals surface area contributed by atoms with Gasteiger partial charge < -0.3 is 4.57 Å². The molecule has 2 aromatic rings. The summed E-state index contributed by atoms with van der Waals surface area (Å²) in [5.41, 5.74) is 0. The average Bonchev–Trinajstić information content (AvgIpc) is 2.65. The van der Waals surface area contributed by atoms with Crippen molar-refractivity contribution in [1.29, 1.82) is 0 Å². The molecule has 1 nitrogen and oxygen atoms in total. The number of unbranched alkanes of at least 4 members (excludes halogenated alkanes) is 5. The van der Waals surface area contributed by atoms with Gasteiger partial charge in [0.1, 0.15) is 7.14 Å². The van der Waals surface area contributed by atoms with Gasteiger partial charge in [0, 0.05) is 19.5 Å². The third-order valence-corrected chi connectivity index (χ3v) is 7.48. The van der Waals surface area contributed by atoms with Crippen LogP contribution in [0.25, 0.3) is 0 Å². The Morgan fingerprint density at radius 2 is 1.22 bits per heavy atom. The molecule has 2 rings (SSSR count). The summed E-state index contributed by atoms with van der Waals surface area (Å²) in [6.07, 6.45) is 7.83. The van der Waals surface area contributed by atoms with Crippen molar-refractivity contribution in [2.24, 2.45) is 0 Å². The molecule has 23 heavy (non-hydrogen) atoms. The van der Waals surface area contributed by atoms with Gasteiger partial charge in [-0.15, -0.1) is 0 Å². The van der Waals surface area contributed by atoms with Crippen molar-refractivity contribution in [3.8, 4) is 0 Å². The first-order valence-corrected chi connectivity index (χ1v) is 10.6. The zero-order valence-electron chi connectivity index (χ0n) is 15.9. The first kappa shape index (κ1) is 15.2. The summed E-state index contributed by atoms with van der Waals surface area (Å²) in [4.78, 5) is 0. The van der Waals surface area contributed by atoms with Crippen LogP contribution in [0.15, 0.2) is 60.7 Å². The van der Waals surface area contributed by atoms with E-state index in [-0.39, 0.29) is 0 Å². The summed E-state index contributed by atoms with van der Waals surface area (Å²) in [5, 5.41) is 1.91. The minimum absolute atomic E-state index is 0.678. The summed E-state index contributed by atoms with van der Waals surface area (Å²) < 4.78 is 28.2. The molecule has 0 aliphatic carbocycles. The predicted octanol–water partition coefficient (Wildman–Crippen LogP) is 5.75. The van der Waals surface area contributed by atoms with E-state index in [0.29, 0.717) is 6.42 Å². The second-order valence-corrected chi connectivity index (χ2v) is 9.00. The zero-order valence-corrected chi connectivity index (χ0v) is 14.8. The van der Waals surface area contributed by atoms with Crippen LogP contribution in [0.1, 0.15) is 54.6 Å². The molecule has 0 aromatic heterocycles.